The number of anilines is 1. The zero-order valence-electron chi connectivity index (χ0n) is 10.9. The summed E-state index contributed by atoms with van der Waals surface area (Å²) in [5, 5.41) is 9.88. The van der Waals surface area contributed by atoms with Gasteiger partial charge in [-0.05, 0) is 38.8 Å². The maximum Gasteiger partial charge on any atom is 0.255 e. The van der Waals surface area contributed by atoms with Gasteiger partial charge in [0, 0.05) is 18.8 Å². The van der Waals surface area contributed by atoms with Crippen molar-refractivity contribution in [1.82, 2.24) is 4.90 Å². The summed E-state index contributed by atoms with van der Waals surface area (Å²) >= 11 is 0. The molecule has 2 rings (SSSR count). The third-order valence-electron chi connectivity index (χ3n) is 3.57. The lowest BCUT2D eigenvalue weighted by atomic mass is 9.93. The first-order valence-electron chi connectivity index (χ1n) is 6.27. The van der Waals surface area contributed by atoms with Crippen molar-refractivity contribution < 1.29 is 9.90 Å². The van der Waals surface area contributed by atoms with Gasteiger partial charge in [-0.1, -0.05) is 11.6 Å². The Labute approximate surface area is 107 Å². The summed E-state index contributed by atoms with van der Waals surface area (Å²) in [7, 11) is 0. The van der Waals surface area contributed by atoms with E-state index in [4.69, 9.17) is 5.73 Å². The van der Waals surface area contributed by atoms with Crippen LogP contribution in [0.4, 0.5) is 5.69 Å². The number of hydrogen-bond acceptors (Lipinski definition) is 3. The number of nitrogen functional groups attached to an aromatic ring is 1. The Morgan fingerprint density at radius 2 is 2.00 bits per heavy atom. The van der Waals surface area contributed by atoms with Crippen LogP contribution in [0.1, 0.15) is 35.7 Å². The molecule has 98 valence electrons. The van der Waals surface area contributed by atoms with Crippen molar-refractivity contribution in [1.29, 1.82) is 0 Å². The van der Waals surface area contributed by atoms with E-state index in [0.717, 1.165) is 5.56 Å². The van der Waals surface area contributed by atoms with Crippen LogP contribution in [0.15, 0.2) is 18.2 Å². The van der Waals surface area contributed by atoms with E-state index in [1.54, 1.807) is 11.0 Å². The van der Waals surface area contributed by atoms with Crippen LogP contribution in [0, 0.1) is 6.92 Å². The average Bonchev–Trinajstić information content (AvgIpc) is 2.31. The van der Waals surface area contributed by atoms with Gasteiger partial charge in [-0.25, -0.2) is 0 Å². The van der Waals surface area contributed by atoms with Gasteiger partial charge in [0.1, 0.15) is 0 Å². The zero-order chi connectivity index (χ0) is 13.3. The molecule has 1 saturated heterocycles. The van der Waals surface area contributed by atoms with Crippen LogP contribution in [0.25, 0.3) is 0 Å². The molecular weight excluding hydrogens is 228 g/mol. The third-order valence-corrected chi connectivity index (χ3v) is 3.57. The van der Waals surface area contributed by atoms with Gasteiger partial charge >= 0.3 is 0 Å². The fourth-order valence-corrected chi connectivity index (χ4v) is 2.22. The molecule has 0 bridgehead atoms. The molecule has 1 aliphatic rings. The number of piperidine rings is 1. The average molecular weight is 248 g/mol. The molecule has 0 spiro atoms. The Morgan fingerprint density at radius 1 is 1.39 bits per heavy atom. The second-order valence-corrected chi connectivity index (χ2v) is 5.38. The summed E-state index contributed by atoms with van der Waals surface area (Å²) in [5.74, 6) is -0.0355. The second-order valence-electron chi connectivity index (χ2n) is 5.38. The standard InChI is InChI=1S/C14H20N2O2/c1-10-3-4-12(15)11(9-10)13(17)16-7-5-14(2,18)6-8-16/h3-4,9,18H,5-8,15H2,1-2H3. The molecule has 0 aliphatic carbocycles. The van der Waals surface area contributed by atoms with E-state index in [-0.39, 0.29) is 5.91 Å². The Balaban J connectivity index is 2.15. The molecule has 1 aliphatic heterocycles. The smallest absolute Gasteiger partial charge is 0.255 e. The van der Waals surface area contributed by atoms with Gasteiger partial charge in [0.05, 0.1) is 11.2 Å². The van der Waals surface area contributed by atoms with Gasteiger partial charge in [-0.3, -0.25) is 4.79 Å². The van der Waals surface area contributed by atoms with Crippen LogP contribution in [0.3, 0.4) is 0 Å². The number of carbonyl (C=O) groups is 1. The minimum atomic E-state index is -0.644. The molecule has 0 atom stereocenters. The highest BCUT2D eigenvalue weighted by Gasteiger charge is 2.30. The number of nitrogens with zero attached hydrogens (tertiary/aromatic N) is 1. The van der Waals surface area contributed by atoms with E-state index in [1.807, 2.05) is 26.0 Å². The van der Waals surface area contributed by atoms with Crippen molar-refractivity contribution in [2.75, 3.05) is 18.8 Å². The lowest BCUT2D eigenvalue weighted by Gasteiger charge is -2.36. The second kappa shape index (κ2) is 4.61. The number of benzene rings is 1. The Hall–Kier alpha value is -1.55. The van der Waals surface area contributed by atoms with Crippen LogP contribution in [-0.4, -0.2) is 34.6 Å². The SMILES string of the molecule is Cc1ccc(N)c(C(=O)N2CCC(C)(O)CC2)c1. The van der Waals surface area contributed by atoms with E-state index >= 15 is 0 Å². The number of carbonyl (C=O) groups excluding carboxylic acids is 1. The van der Waals surface area contributed by atoms with Crippen molar-refractivity contribution in [2.24, 2.45) is 0 Å². The number of rotatable bonds is 1. The van der Waals surface area contributed by atoms with Crippen molar-refractivity contribution in [3.8, 4) is 0 Å². The fourth-order valence-electron chi connectivity index (χ4n) is 2.22. The summed E-state index contributed by atoms with van der Waals surface area (Å²) in [6.45, 7) is 4.92. The highest BCUT2D eigenvalue weighted by molar-refractivity contribution is 5.99. The number of nitrogens with two attached hydrogens (primary N) is 1. The number of amides is 1. The van der Waals surface area contributed by atoms with E-state index in [0.29, 0.717) is 37.2 Å². The number of hydrogen-bond donors (Lipinski definition) is 2. The van der Waals surface area contributed by atoms with Crippen LogP contribution in [0.5, 0.6) is 0 Å². The zero-order valence-corrected chi connectivity index (χ0v) is 10.9. The monoisotopic (exact) mass is 248 g/mol. The Kier molecular flexibility index (Phi) is 3.30. The largest absolute Gasteiger partial charge is 0.398 e. The molecule has 1 fully saturated rings. The van der Waals surface area contributed by atoms with Crippen LogP contribution >= 0.6 is 0 Å². The Bertz CT molecular complexity index is 459. The summed E-state index contributed by atoms with van der Waals surface area (Å²) in [5.41, 5.74) is 7.32. The van der Waals surface area contributed by atoms with Crippen LogP contribution < -0.4 is 5.73 Å². The molecule has 1 heterocycles. The van der Waals surface area contributed by atoms with Crippen molar-refractivity contribution in [2.45, 2.75) is 32.3 Å². The normalized spacial score (nSPS) is 18.7. The first-order valence-corrected chi connectivity index (χ1v) is 6.27. The van der Waals surface area contributed by atoms with Crippen molar-refractivity contribution in [3.05, 3.63) is 29.3 Å². The van der Waals surface area contributed by atoms with Gasteiger partial charge in [0.15, 0.2) is 0 Å². The predicted octanol–water partition coefficient (Wildman–Crippen LogP) is 1.56. The molecule has 1 aromatic rings. The molecule has 0 radical (unpaired) electrons. The number of likely N-dealkylation sites (tertiary alicyclic amines) is 1. The van der Waals surface area contributed by atoms with Gasteiger partial charge in [0.2, 0.25) is 0 Å². The lowest BCUT2D eigenvalue weighted by molar-refractivity contribution is -0.00199. The van der Waals surface area contributed by atoms with Crippen LogP contribution in [-0.2, 0) is 0 Å². The molecule has 1 aromatic carbocycles. The van der Waals surface area contributed by atoms with Gasteiger partial charge in [-0.2, -0.15) is 0 Å². The van der Waals surface area contributed by atoms with Gasteiger partial charge < -0.3 is 15.7 Å². The molecular formula is C14H20N2O2. The highest BCUT2D eigenvalue weighted by atomic mass is 16.3. The van der Waals surface area contributed by atoms with Crippen LogP contribution in [0.2, 0.25) is 0 Å². The maximum atomic E-state index is 12.3. The minimum Gasteiger partial charge on any atom is -0.398 e. The number of aryl methyl sites for hydroxylation is 1. The lowest BCUT2D eigenvalue weighted by Crippen LogP contribution is -2.45. The quantitative estimate of drug-likeness (QED) is 0.741. The molecule has 0 saturated carbocycles. The maximum absolute atomic E-state index is 12.3. The van der Waals surface area contributed by atoms with Crippen molar-refractivity contribution in [3.63, 3.8) is 0 Å². The van der Waals surface area contributed by atoms with E-state index in [2.05, 4.69) is 0 Å². The Morgan fingerprint density at radius 3 is 2.61 bits per heavy atom. The van der Waals surface area contributed by atoms with Gasteiger partial charge in [-0.15, -0.1) is 0 Å². The summed E-state index contributed by atoms with van der Waals surface area (Å²) in [4.78, 5) is 14.1. The van der Waals surface area contributed by atoms with Crippen molar-refractivity contribution >= 4 is 11.6 Å². The molecule has 1 amide bonds. The number of aliphatic hydroxyl groups is 1. The molecule has 18 heavy (non-hydrogen) atoms. The van der Waals surface area contributed by atoms with Gasteiger partial charge in [0.25, 0.3) is 5.91 Å². The molecule has 4 heteroatoms. The topological polar surface area (TPSA) is 66.6 Å². The fraction of sp³-hybridized carbons (Fsp3) is 0.500. The molecule has 0 unspecified atom stereocenters. The summed E-state index contributed by atoms with van der Waals surface area (Å²) in [6, 6.07) is 5.49. The minimum absolute atomic E-state index is 0.0355. The summed E-state index contributed by atoms with van der Waals surface area (Å²) in [6.07, 6.45) is 1.23. The molecule has 4 nitrogen and oxygen atoms in total. The third kappa shape index (κ3) is 2.64. The first kappa shape index (κ1) is 12.9. The predicted molar refractivity (Wildman–Crippen MR) is 71.4 cm³/mol. The summed E-state index contributed by atoms with van der Waals surface area (Å²) < 4.78 is 0. The highest BCUT2D eigenvalue weighted by Crippen LogP contribution is 2.24. The molecule has 3 N–H and O–H groups in total. The molecule has 0 aromatic heterocycles. The van der Waals surface area contributed by atoms with E-state index in [1.165, 1.54) is 0 Å². The van der Waals surface area contributed by atoms with E-state index in [9.17, 15) is 9.90 Å². The first-order chi connectivity index (χ1) is 8.39. The van der Waals surface area contributed by atoms with E-state index < -0.39 is 5.60 Å².